The fourth-order valence-corrected chi connectivity index (χ4v) is 2.74. The van der Waals surface area contributed by atoms with Gasteiger partial charge in [0.2, 0.25) is 5.91 Å². The first-order chi connectivity index (χ1) is 12.2. The van der Waals surface area contributed by atoms with Gasteiger partial charge in [0, 0.05) is 5.69 Å². The third-order valence-electron chi connectivity index (χ3n) is 3.84. The van der Waals surface area contributed by atoms with Crippen LogP contribution in [0, 0.1) is 0 Å². The molecule has 0 unspecified atom stereocenters. The monoisotopic (exact) mass is 331 g/mol. The smallest absolute Gasteiger partial charge is 0.228 e. The number of rotatable bonds is 5. The largest absolute Gasteiger partial charge is 0.505 e. The van der Waals surface area contributed by atoms with Gasteiger partial charge in [-0.1, -0.05) is 54.6 Å². The zero-order valence-corrected chi connectivity index (χ0v) is 13.5. The molecule has 0 aliphatic carbocycles. The molecule has 4 nitrogen and oxygen atoms in total. The number of benzene rings is 3. The number of fused-ring (bicyclic) bond motifs is 1. The lowest BCUT2D eigenvalue weighted by Gasteiger charge is -2.08. The third-order valence-corrected chi connectivity index (χ3v) is 3.84. The average Bonchev–Trinajstić information content (AvgIpc) is 2.62. The first-order valence-corrected chi connectivity index (χ1v) is 7.88. The molecule has 3 aromatic carbocycles. The van der Waals surface area contributed by atoms with E-state index in [2.05, 4.69) is 5.32 Å². The Kier molecular flexibility index (Phi) is 4.90. The van der Waals surface area contributed by atoms with Crippen LogP contribution in [0.4, 0.5) is 5.69 Å². The van der Waals surface area contributed by atoms with Gasteiger partial charge in [0.15, 0.2) is 12.0 Å². The summed E-state index contributed by atoms with van der Waals surface area (Å²) in [5.41, 5.74) is 2.20. The van der Waals surface area contributed by atoms with Crippen molar-refractivity contribution in [3.8, 4) is 0 Å². The maximum absolute atomic E-state index is 12.4. The van der Waals surface area contributed by atoms with Gasteiger partial charge in [0.05, 0.1) is 6.42 Å². The van der Waals surface area contributed by atoms with Gasteiger partial charge in [-0.25, -0.2) is 0 Å². The molecule has 4 heteroatoms. The van der Waals surface area contributed by atoms with E-state index in [1.54, 1.807) is 24.3 Å². The van der Waals surface area contributed by atoms with Crippen LogP contribution in [-0.4, -0.2) is 17.3 Å². The Balaban J connectivity index is 1.76. The van der Waals surface area contributed by atoms with Crippen LogP contribution in [-0.2, 0) is 16.0 Å². The van der Waals surface area contributed by atoms with Crippen LogP contribution in [0.2, 0.25) is 0 Å². The number of aldehydes is 1. The van der Waals surface area contributed by atoms with Gasteiger partial charge in [-0.3, -0.25) is 9.59 Å². The Morgan fingerprint density at radius 1 is 1.00 bits per heavy atom. The van der Waals surface area contributed by atoms with E-state index in [4.69, 9.17) is 0 Å². The summed E-state index contributed by atoms with van der Waals surface area (Å²) >= 11 is 0. The standard InChI is InChI=1S/C21H17NO3/c23-14-19(24)12-15-5-3-9-18(11-15)22-21(25)13-17-8-4-7-16-6-1-2-10-20(16)17/h1-12,14,24H,13H2,(H,22,25)/b19-12-. The molecule has 0 spiro atoms. The molecular weight excluding hydrogens is 314 g/mol. The summed E-state index contributed by atoms with van der Waals surface area (Å²) in [6.07, 6.45) is 1.97. The van der Waals surface area contributed by atoms with Crippen molar-refractivity contribution in [2.45, 2.75) is 6.42 Å². The number of nitrogens with one attached hydrogen (secondary N) is 1. The SMILES string of the molecule is O=C/C(O)=C/c1cccc(NC(=O)Cc2cccc3ccccc23)c1. The second-order valence-corrected chi connectivity index (χ2v) is 5.68. The quantitative estimate of drug-likeness (QED) is 0.420. The Hall–Kier alpha value is -3.40. The molecule has 3 rings (SSSR count). The Labute approximate surface area is 145 Å². The van der Waals surface area contributed by atoms with Crippen molar-refractivity contribution in [1.82, 2.24) is 0 Å². The Bertz CT molecular complexity index is 955. The summed E-state index contributed by atoms with van der Waals surface area (Å²) in [5.74, 6) is -0.490. The van der Waals surface area contributed by atoms with Crippen molar-refractivity contribution < 1.29 is 14.7 Å². The van der Waals surface area contributed by atoms with Gasteiger partial charge < -0.3 is 10.4 Å². The van der Waals surface area contributed by atoms with E-state index in [9.17, 15) is 14.7 Å². The number of anilines is 1. The molecule has 0 fully saturated rings. The van der Waals surface area contributed by atoms with Crippen molar-refractivity contribution >= 4 is 34.7 Å². The van der Waals surface area contributed by atoms with Gasteiger partial charge in [0.25, 0.3) is 0 Å². The van der Waals surface area contributed by atoms with Crippen LogP contribution in [0.3, 0.4) is 0 Å². The first kappa shape index (κ1) is 16.5. The molecule has 0 aliphatic heterocycles. The van der Waals surface area contributed by atoms with E-state index >= 15 is 0 Å². The fourth-order valence-electron chi connectivity index (χ4n) is 2.74. The molecule has 0 bridgehead atoms. The molecule has 3 aromatic rings. The predicted octanol–water partition coefficient (Wildman–Crippen LogP) is 4.12. The number of aliphatic hydroxyl groups excluding tert-OH is 1. The third kappa shape index (κ3) is 4.12. The highest BCUT2D eigenvalue weighted by atomic mass is 16.3. The van der Waals surface area contributed by atoms with E-state index in [-0.39, 0.29) is 18.1 Å². The van der Waals surface area contributed by atoms with Crippen LogP contribution in [0.5, 0.6) is 0 Å². The molecule has 0 saturated carbocycles. The number of carbonyl (C=O) groups excluding carboxylic acids is 2. The molecule has 0 saturated heterocycles. The van der Waals surface area contributed by atoms with Crippen LogP contribution >= 0.6 is 0 Å². The Morgan fingerprint density at radius 3 is 2.60 bits per heavy atom. The molecule has 0 radical (unpaired) electrons. The van der Waals surface area contributed by atoms with Crippen molar-refractivity contribution in [2.75, 3.05) is 5.32 Å². The van der Waals surface area contributed by atoms with Crippen LogP contribution in [0.1, 0.15) is 11.1 Å². The first-order valence-electron chi connectivity index (χ1n) is 7.88. The summed E-state index contributed by atoms with van der Waals surface area (Å²) in [7, 11) is 0. The fraction of sp³-hybridized carbons (Fsp3) is 0.0476. The van der Waals surface area contributed by atoms with E-state index in [0.717, 1.165) is 16.3 Å². The number of hydrogen-bond donors (Lipinski definition) is 2. The van der Waals surface area contributed by atoms with Gasteiger partial charge in [-0.15, -0.1) is 0 Å². The minimum absolute atomic E-state index is 0.128. The molecule has 2 N–H and O–H groups in total. The summed E-state index contributed by atoms with van der Waals surface area (Å²) in [6, 6.07) is 20.8. The van der Waals surface area contributed by atoms with Gasteiger partial charge in [0.1, 0.15) is 0 Å². The number of hydrogen-bond acceptors (Lipinski definition) is 3. The summed E-state index contributed by atoms with van der Waals surface area (Å²) < 4.78 is 0. The zero-order valence-electron chi connectivity index (χ0n) is 13.5. The Morgan fingerprint density at radius 2 is 1.76 bits per heavy atom. The maximum atomic E-state index is 12.4. The molecule has 0 aromatic heterocycles. The lowest BCUT2D eigenvalue weighted by molar-refractivity contribution is -0.115. The minimum Gasteiger partial charge on any atom is -0.505 e. The van der Waals surface area contributed by atoms with Crippen molar-refractivity contribution in [3.05, 3.63) is 83.6 Å². The summed E-state index contributed by atoms with van der Waals surface area (Å²) in [6.45, 7) is 0. The second kappa shape index (κ2) is 7.45. The van der Waals surface area contributed by atoms with Gasteiger partial charge in [-0.05, 0) is 40.1 Å². The van der Waals surface area contributed by atoms with Crippen LogP contribution < -0.4 is 5.32 Å². The average molecular weight is 331 g/mol. The van der Waals surface area contributed by atoms with E-state index in [0.29, 0.717) is 17.5 Å². The highest BCUT2D eigenvalue weighted by Gasteiger charge is 2.07. The van der Waals surface area contributed by atoms with E-state index in [1.165, 1.54) is 6.08 Å². The number of amides is 1. The normalized spacial score (nSPS) is 11.3. The lowest BCUT2D eigenvalue weighted by atomic mass is 10.0. The highest BCUT2D eigenvalue weighted by molar-refractivity contribution is 5.96. The van der Waals surface area contributed by atoms with Crippen molar-refractivity contribution in [3.63, 3.8) is 0 Å². The second-order valence-electron chi connectivity index (χ2n) is 5.68. The highest BCUT2D eigenvalue weighted by Crippen LogP contribution is 2.20. The van der Waals surface area contributed by atoms with Crippen molar-refractivity contribution in [2.24, 2.45) is 0 Å². The zero-order chi connectivity index (χ0) is 17.6. The van der Waals surface area contributed by atoms with E-state index in [1.807, 2.05) is 42.5 Å². The maximum Gasteiger partial charge on any atom is 0.228 e. The molecule has 0 heterocycles. The minimum atomic E-state index is -0.362. The molecular formula is C21H17NO3. The van der Waals surface area contributed by atoms with E-state index < -0.39 is 0 Å². The van der Waals surface area contributed by atoms with Crippen LogP contribution in [0.25, 0.3) is 16.8 Å². The molecule has 0 aliphatic rings. The van der Waals surface area contributed by atoms with Crippen LogP contribution in [0.15, 0.2) is 72.5 Å². The number of allylic oxidation sites excluding steroid dienone is 1. The number of aliphatic hydroxyl groups is 1. The summed E-state index contributed by atoms with van der Waals surface area (Å²) in [4.78, 5) is 22.9. The molecule has 25 heavy (non-hydrogen) atoms. The van der Waals surface area contributed by atoms with Gasteiger partial charge in [-0.2, -0.15) is 0 Å². The molecule has 0 atom stereocenters. The predicted molar refractivity (Wildman–Crippen MR) is 99.4 cm³/mol. The van der Waals surface area contributed by atoms with Crippen molar-refractivity contribution in [1.29, 1.82) is 0 Å². The lowest BCUT2D eigenvalue weighted by Crippen LogP contribution is -2.14. The van der Waals surface area contributed by atoms with Gasteiger partial charge >= 0.3 is 0 Å². The molecule has 1 amide bonds. The molecule has 124 valence electrons. The topological polar surface area (TPSA) is 66.4 Å². The summed E-state index contributed by atoms with van der Waals surface area (Å²) in [5, 5.41) is 14.3. The number of carbonyl (C=O) groups is 2.